The average molecular weight is 373 g/mol. The van der Waals surface area contributed by atoms with Crippen molar-refractivity contribution in [2.45, 2.75) is 19.8 Å². The first-order chi connectivity index (χ1) is 6.41. The van der Waals surface area contributed by atoms with E-state index in [-0.39, 0.29) is 25.8 Å². The van der Waals surface area contributed by atoms with Crippen LogP contribution in [0.1, 0.15) is 19.8 Å². The summed E-state index contributed by atoms with van der Waals surface area (Å²) in [6.07, 6.45) is 20.0. The van der Waals surface area contributed by atoms with Crippen molar-refractivity contribution in [1.29, 1.82) is 0 Å². The molecular weight excluding hydrogens is 358 g/mol. The van der Waals surface area contributed by atoms with Crippen molar-refractivity contribution in [2.75, 3.05) is 5.88 Å². The molecule has 0 aromatic heterocycles. The molecule has 2 aliphatic carbocycles. The summed E-state index contributed by atoms with van der Waals surface area (Å²) >= 11 is 5.00. The molecule has 0 amide bonds. The van der Waals surface area contributed by atoms with Gasteiger partial charge in [0.05, 0.1) is 0 Å². The Morgan fingerprint density at radius 2 is 1.43 bits per heavy atom. The van der Waals surface area contributed by atoms with Gasteiger partial charge in [-0.2, -0.15) is 12.2 Å². The van der Waals surface area contributed by atoms with E-state index in [4.69, 9.17) is 11.6 Å². The zero-order valence-electron chi connectivity index (χ0n) is 8.46. The van der Waals surface area contributed by atoms with Crippen LogP contribution >= 0.6 is 11.6 Å². The van der Waals surface area contributed by atoms with Crippen LogP contribution in [0.4, 0.5) is 0 Å². The third kappa shape index (κ3) is 14.6. The number of hydrogen-bond donors (Lipinski definition) is 0. The molecule has 2 rings (SSSR count). The zero-order valence-corrected chi connectivity index (χ0v) is 12.8. The van der Waals surface area contributed by atoms with E-state index in [0.29, 0.717) is 0 Å². The van der Waals surface area contributed by atoms with Gasteiger partial charge in [0.1, 0.15) is 0 Å². The molecule has 0 atom stereocenters. The van der Waals surface area contributed by atoms with Gasteiger partial charge < -0.3 is 0 Å². The third-order valence-corrected chi connectivity index (χ3v) is 1.17. The van der Waals surface area contributed by atoms with Gasteiger partial charge in [0.15, 0.2) is 0 Å². The molecule has 0 heterocycles. The molecule has 0 unspecified atom stereocenters. The van der Waals surface area contributed by atoms with Gasteiger partial charge in [-0.05, 0) is 0 Å². The number of alkyl halides is 1. The monoisotopic (exact) mass is 374 g/mol. The van der Waals surface area contributed by atoms with E-state index in [2.05, 4.69) is 24.3 Å². The summed E-state index contributed by atoms with van der Waals surface area (Å²) in [7, 11) is 0. The van der Waals surface area contributed by atoms with E-state index in [1.165, 1.54) is 0 Å². The van der Waals surface area contributed by atoms with Crippen LogP contribution in [-0.2, 0) is 25.8 Å². The summed E-state index contributed by atoms with van der Waals surface area (Å²) in [4.78, 5) is 0. The van der Waals surface area contributed by atoms with E-state index in [0.717, 1.165) is 18.7 Å². The van der Waals surface area contributed by atoms with E-state index >= 15 is 0 Å². The largest absolute Gasteiger partial charge is 0.273 e. The second kappa shape index (κ2) is 15.6. The SMILES string of the molecule is CCCl.[C-]1=CC=CC1.[C-]1=CC=CC1.[Hf]. The zero-order chi connectivity index (χ0) is 9.78. The Hall–Kier alpha value is 0.120. The molecule has 0 aromatic carbocycles. The maximum absolute atomic E-state index is 5.00. The Labute approximate surface area is 111 Å². The van der Waals surface area contributed by atoms with E-state index in [1.807, 2.05) is 31.2 Å². The topological polar surface area (TPSA) is 0 Å². The fourth-order valence-electron chi connectivity index (χ4n) is 0.680. The van der Waals surface area contributed by atoms with Gasteiger partial charge in [0.2, 0.25) is 0 Å². The van der Waals surface area contributed by atoms with Crippen LogP contribution in [0.25, 0.3) is 0 Å². The predicted molar refractivity (Wildman–Crippen MR) is 59.5 cm³/mol. The summed E-state index contributed by atoms with van der Waals surface area (Å²) in [5.41, 5.74) is 0. The minimum atomic E-state index is 0. The molecule has 0 saturated heterocycles. The number of hydrogen-bond acceptors (Lipinski definition) is 0. The maximum atomic E-state index is 5.00. The van der Waals surface area contributed by atoms with Gasteiger partial charge in [-0.25, -0.2) is 24.3 Å². The van der Waals surface area contributed by atoms with Crippen molar-refractivity contribution in [3.63, 3.8) is 0 Å². The van der Waals surface area contributed by atoms with Crippen molar-refractivity contribution in [2.24, 2.45) is 0 Å². The first-order valence-electron chi connectivity index (χ1n) is 4.41. The van der Waals surface area contributed by atoms with Crippen LogP contribution in [0.3, 0.4) is 0 Å². The van der Waals surface area contributed by atoms with Gasteiger partial charge in [-0.3, -0.25) is 12.2 Å². The fraction of sp³-hybridized carbons (Fsp3) is 0.333. The first-order valence-corrected chi connectivity index (χ1v) is 4.94. The summed E-state index contributed by atoms with van der Waals surface area (Å²) in [5, 5.41) is 0. The number of allylic oxidation sites excluding steroid dienone is 8. The molecule has 0 aromatic rings. The second-order valence-electron chi connectivity index (χ2n) is 2.27. The second-order valence-corrected chi connectivity index (χ2v) is 2.81. The molecule has 0 saturated carbocycles. The summed E-state index contributed by atoms with van der Waals surface area (Å²) < 4.78 is 0. The Morgan fingerprint density at radius 3 is 1.50 bits per heavy atom. The Morgan fingerprint density at radius 1 is 1.07 bits per heavy atom. The molecule has 0 fully saturated rings. The summed E-state index contributed by atoms with van der Waals surface area (Å²) in [6, 6.07) is 0. The van der Waals surface area contributed by atoms with Crippen molar-refractivity contribution in [3.05, 3.63) is 48.6 Å². The van der Waals surface area contributed by atoms with E-state index in [9.17, 15) is 0 Å². The molecule has 0 aliphatic heterocycles. The Bertz CT molecular complexity index is 160. The molecule has 0 N–H and O–H groups in total. The third-order valence-electron chi connectivity index (χ3n) is 1.17. The minimum absolute atomic E-state index is 0. The summed E-state index contributed by atoms with van der Waals surface area (Å²) in [5.74, 6) is 0.722. The molecule has 0 nitrogen and oxygen atoms in total. The maximum Gasteiger partial charge on any atom is 0.0195 e. The number of rotatable bonds is 0. The molecule has 0 radical (unpaired) electrons. The van der Waals surface area contributed by atoms with Gasteiger partial charge in [0, 0.05) is 31.7 Å². The molecule has 0 bridgehead atoms. The fourth-order valence-corrected chi connectivity index (χ4v) is 0.680. The van der Waals surface area contributed by atoms with Crippen LogP contribution in [0.15, 0.2) is 36.5 Å². The Balaban J connectivity index is 0. The molecule has 14 heavy (non-hydrogen) atoms. The number of halogens is 1. The molecule has 2 aliphatic rings. The van der Waals surface area contributed by atoms with Crippen molar-refractivity contribution >= 4 is 11.6 Å². The van der Waals surface area contributed by atoms with Crippen molar-refractivity contribution < 1.29 is 25.8 Å². The first kappa shape index (κ1) is 16.5. The van der Waals surface area contributed by atoms with Gasteiger partial charge in [0.25, 0.3) is 0 Å². The van der Waals surface area contributed by atoms with Crippen LogP contribution in [0, 0.1) is 12.2 Å². The van der Waals surface area contributed by atoms with Gasteiger partial charge in [-0.15, -0.1) is 24.4 Å². The summed E-state index contributed by atoms with van der Waals surface area (Å²) in [6.45, 7) is 1.89. The smallest absolute Gasteiger partial charge is 0.0195 e. The van der Waals surface area contributed by atoms with Gasteiger partial charge >= 0.3 is 0 Å². The molecule has 2 heteroatoms. The minimum Gasteiger partial charge on any atom is -0.273 e. The molecular formula is C12H15ClHf-2. The van der Waals surface area contributed by atoms with E-state index < -0.39 is 0 Å². The normalized spacial score (nSPS) is 13.9. The van der Waals surface area contributed by atoms with Crippen LogP contribution in [-0.4, -0.2) is 5.88 Å². The van der Waals surface area contributed by atoms with Crippen LogP contribution in [0.2, 0.25) is 0 Å². The van der Waals surface area contributed by atoms with Crippen LogP contribution in [0.5, 0.6) is 0 Å². The standard InChI is InChI=1S/2C5H5.C2H5Cl.Hf/c2*1-2-4-5-3-1;1-2-3;/h2*1-3H,4H2;2H2,1H3;/q2*-1;;. The molecule has 0 spiro atoms. The quantitative estimate of drug-likeness (QED) is 0.344. The molecule has 76 valence electrons. The average Bonchev–Trinajstić information content (AvgIpc) is 2.85. The van der Waals surface area contributed by atoms with E-state index in [1.54, 1.807) is 0 Å². The van der Waals surface area contributed by atoms with Crippen molar-refractivity contribution in [1.82, 2.24) is 0 Å². The predicted octanol–water partition coefficient (Wildman–Crippen LogP) is 3.85. The van der Waals surface area contributed by atoms with Crippen molar-refractivity contribution in [3.8, 4) is 0 Å². The van der Waals surface area contributed by atoms with Crippen LogP contribution < -0.4 is 0 Å². The van der Waals surface area contributed by atoms with Gasteiger partial charge in [-0.1, -0.05) is 6.92 Å². The Kier molecular flexibility index (Phi) is 18.4.